The molecule has 1 saturated heterocycles. The van der Waals surface area contributed by atoms with E-state index in [1.807, 2.05) is 32.1 Å². The molecule has 4 heteroatoms. The predicted molar refractivity (Wildman–Crippen MR) is 93.5 cm³/mol. The Labute approximate surface area is 139 Å². The summed E-state index contributed by atoms with van der Waals surface area (Å²) in [4.78, 5) is 14.5. The van der Waals surface area contributed by atoms with Crippen molar-refractivity contribution in [3.05, 3.63) is 41.5 Å². The molecule has 1 fully saturated rings. The van der Waals surface area contributed by atoms with Gasteiger partial charge < -0.3 is 10.1 Å². The minimum absolute atomic E-state index is 0.0816. The SMILES string of the molecule is CCC=C(C)C(=O)NC1CCN(Cc2cccc(OC)c2)CC1. The van der Waals surface area contributed by atoms with Crippen LogP contribution in [-0.4, -0.2) is 37.0 Å². The summed E-state index contributed by atoms with van der Waals surface area (Å²) < 4.78 is 5.28. The van der Waals surface area contributed by atoms with Gasteiger partial charge in [-0.05, 0) is 43.9 Å². The lowest BCUT2D eigenvalue weighted by Gasteiger charge is -2.32. The molecular weight excluding hydrogens is 288 g/mol. The standard InChI is InChI=1S/C19H28N2O2/c1-4-6-15(2)19(22)20-17-9-11-21(12-10-17)14-16-7-5-8-18(13-16)23-3/h5-8,13,17H,4,9-12,14H2,1-3H3,(H,20,22). The molecule has 0 aromatic heterocycles. The van der Waals surface area contributed by atoms with E-state index in [0.717, 1.165) is 50.2 Å². The van der Waals surface area contributed by atoms with Crippen molar-refractivity contribution in [2.24, 2.45) is 0 Å². The fourth-order valence-electron chi connectivity index (χ4n) is 2.96. The van der Waals surface area contributed by atoms with Crippen LogP contribution in [0.25, 0.3) is 0 Å². The normalized spacial score (nSPS) is 17.1. The molecule has 1 heterocycles. The maximum atomic E-state index is 12.0. The van der Waals surface area contributed by atoms with Crippen molar-refractivity contribution in [1.29, 1.82) is 0 Å². The number of piperidine rings is 1. The Kier molecular flexibility index (Phi) is 6.66. The number of carbonyl (C=O) groups excluding carboxylic acids is 1. The molecule has 1 N–H and O–H groups in total. The third kappa shape index (κ3) is 5.39. The zero-order chi connectivity index (χ0) is 16.7. The summed E-state index contributed by atoms with van der Waals surface area (Å²) in [6.45, 7) is 6.90. The summed E-state index contributed by atoms with van der Waals surface area (Å²) in [6, 6.07) is 8.52. The number of hydrogen-bond acceptors (Lipinski definition) is 3. The highest BCUT2D eigenvalue weighted by molar-refractivity contribution is 5.92. The van der Waals surface area contributed by atoms with Gasteiger partial charge >= 0.3 is 0 Å². The molecule has 0 radical (unpaired) electrons. The summed E-state index contributed by atoms with van der Waals surface area (Å²) in [7, 11) is 1.70. The van der Waals surface area contributed by atoms with E-state index < -0.39 is 0 Å². The van der Waals surface area contributed by atoms with Crippen LogP contribution in [0.3, 0.4) is 0 Å². The van der Waals surface area contributed by atoms with E-state index in [1.54, 1.807) is 7.11 Å². The van der Waals surface area contributed by atoms with Gasteiger partial charge in [-0.25, -0.2) is 0 Å². The highest BCUT2D eigenvalue weighted by atomic mass is 16.5. The van der Waals surface area contributed by atoms with Gasteiger partial charge in [0.25, 0.3) is 0 Å². The van der Waals surface area contributed by atoms with Crippen molar-refractivity contribution < 1.29 is 9.53 Å². The first kappa shape index (κ1) is 17.5. The molecule has 1 aliphatic heterocycles. The molecule has 0 aliphatic carbocycles. The van der Waals surface area contributed by atoms with Crippen molar-refractivity contribution >= 4 is 5.91 Å². The summed E-state index contributed by atoms with van der Waals surface area (Å²) in [5, 5.41) is 3.15. The fourth-order valence-corrected chi connectivity index (χ4v) is 2.96. The second kappa shape index (κ2) is 8.73. The second-order valence-corrected chi connectivity index (χ2v) is 6.17. The van der Waals surface area contributed by atoms with Gasteiger partial charge in [-0.3, -0.25) is 9.69 Å². The average Bonchev–Trinajstić information content (AvgIpc) is 2.57. The van der Waals surface area contributed by atoms with E-state index in [2.05, 4.69) is 22.3 Å². The number of methoxy groups -OCH3 is 1. The summed E-state index contributed by atoms with van der Waals surface area (Å²) >= 11 is 0. The Hall–Kier alpha value is -1.81. The van der Waals surface area contributed by atoms with Gasteiger partial charge in [0.1, 0.15) is 5.75 Å². The topological polar surface area (TPSA) is 41.6 Å². The third-order valence-electron chi connectivity index (χ3n) is 4.33. The Morgan fingerprint density at radius 2 is 2.13 bits per heavy atom. The number of nitrogens with zero attached hydrogens (tertiary/aromatic N) is 1. The van der Waals surface area contributed by atoms with E-state index in [9.17, 15) is 4.79 Å². The molecule has 1 amide bonds. The zero-order valence-electron chi connectivity index (χ0n) is 14.5. The van der Waals surface area contributed by atoms with Gasteiger partial charge in [0.2, 0.25) is 5.91 Å². The minimum atomic E-state index is 0.0816. The monoisotopic (exact) mass is 316 g/mol. The van der Waals surface area contributed by atoms with Crippen LogP contribution in [-0.2, 0) is 11.3 Å². The van der Waals surface area contributed by atoms with Crippen LogP contribution >= 0.6 is 0 Å². The summed E-state index contributed by atoms with van der Waals surface area (Å²) in [6.07, 6.45) is 4.90. The van der Waals surface area contributed by atoms with E-state index >= 15 is 0 Å². The van der Waals surface area contributed by atoms with Gasteiger partial charge in [-0.1, -0.05) is 25.1 Å². The number of benzene rings is 1. The van der Waals surface area contributed by atoms with E-state index in [4.69, 9.17) is 4.74 Å². The largest absolute Gasteiger partial charge is 0.497 e. The molecule has 1 aromatic carbocycles. The van der Waals surface area contributed by atoms with Crippen LogP contribution in [0.4, 0.5) is 0 Å². The average molecular weight is 316 g/mol. The van der Waals surface area contributed by atoms with E-state index in [-0.39, 0.29) is 5.91 Å². The molecule has 4 nitrogen and oxygen atoms in total. The lowest BCUT2D eigenvalue weighted by Crippen LogP contribution is -2.44. The Balaban J connectivity index is 1.79. The van der Waals surface area contributed by atoms with E-state index in [0.29, 0.717) is 6.04 Å². The van der Waals surface area contributed by atoms with Crippen LogP contribution in [0.15, 0.2) is 35.9 Å². The molecule has 0 unspecified atom stereocenters. The molecule has 0 bridgehead atoms. The number of amides is 1. The van der Waals surface area contributed by atoms with Gasteiger partial charge in [-0.2, -0.15) is 0 Å². The van der Waals surface area contributed by atoms with Crippen molar-refractivity contribution in [2.45, 2.75) is 45.7 Å². The quantitative estimate of drug-likeness (QED) is 0.820. The Bertz CT molecular complexity index is 546. The van der Waals surface area contributed by atoms with Gasteiger partial charge in [0.15, 0.2) is 0 Å². The number of rotatable bonds is 6. The smallest absolute Gasteiger partial charge is 0.246 e. The number of likely N-dealkylation sites (tertiary alicyclic amines) is 1. The van der Waals surface area contributed by atoms with Crippen molar-refractivity contribution in [3.63, 3.8) is 0 Å². The first-order chi connectivity index (χ1) is 11.1. The zero-order valence-corrected chi connectivity index (χ0v) is 14.5. The number of nitrogens with one attached hydrogen (secondary N) is 1. The summed E-state index contributed by atoms with van der Waals surface area (Å²) in [5.41, 5.74) is 2.10. The lowest BCUT2D eigenvalue weighted by atomic mass is 10.0. The number of ether oxygens (including phenoxy) is 1. The molecule has 1 aliphatic rings. The third-order valence-corrected chi connectivity index (χ3v) is 4.33. The molecule has 0 atom stereocenters. The fraction of sp³-hybridized carbons (Fsp3) is 0.526. The van der Waals surface area contributed by atoms with Gasteiger partial charge in [0.05, 0.1) is 7.11 Å². The van der Waals surface area contributed by atoms with Crippen LogP contribution in [0, 0.1) is 0 Å². The first-order valence-electron chi connectivity index (χ1n) is 8.45. The lowest BCUT2D eigenvalue weighted by molar-refractivity contribution is -0.118. The Morgan fingerprint density at radius 3 is 2.78 bits per heavy atom. The minimum Gasteiger partial charge on any atom is -0.497 e. The van der Waals surface area contributed by atoms with Crippen LogP contribution in [0.5, 0.6) is 5.75 Å². The summed E-state index contributed by atoms with van der Waals surface area (Å²) in [5.74, 6) is 0.987. The molecular formula is C19H28N2O2. The molecule has 0 saturated carbocycles. The van der Waals surface area contributed by atoms with Crippen molar-refractivity contribution in [3.8, 4) is 5.75 Å². The Morgan fingerprint density at radius 1 is 1.39 bits per heavy atom. The van der Waals surface area contributed by atoms with Crippen LogP contribution in [0.2, 0.25) is 0 Å². The number of hydrogen-bond donors (Lipinski definition) is 1. The van der Waals surface area contributed by atoms with Crippen LogP contribution < -0.4 is 10.1 Å². The molecule has 126 valence electrons. The van der Waals surface area contributed by atoms with Gasteiger partial charge in [0, 0.05) is 31.2 Å². The van der Waals surface area contributed by atoms with E-state index in [1.165, 1.54) is 5.56 Å². The molecule has 2 rings (SSSR count). The number of carbonyl (C=O) groups is 1. The maximum Gasteiger partial charge on any atom is 0.246 e. The van der Waals surface area contributed by atoms with Crippen LogP contribution in [0.1, 0.15) is 38.7 Å². The number of allylic oxidation sites excluding steroid dienone is 1. The van der Waals surface area contributed by atoms with Gasteiger partial charge in [-0.15, -0.1) is 0 Å². The molecule has 0 spiro atoms. The highest BCUT2D eigenvalue weighted by Gasteiger charge is 2.21. The predicted octanol–water partition coefficient (Wildman–Crippen LogP) is 3.13. The van der Waals surface area contributed by atoms with Crippen molar-refractivity contribution in [1.82, 2.24) is 10.2 Å². The maximum absolute atomic E-state index is 12.0. The first-order valence-corrected chi connectivity index (χ1v) is 8.45. The highest BCUT2D eigenvalue weighted by Crippen LogP contribution is 2.17. The molecule has 23 heavy (non-hydrogen) atoms. The van der Waals surface area contributed by atoms with Crippen molar-refractivity contribution in [2.75, 3.05) is 20.2 Å². The molecule has 1 aromatic rings. The second-order valence-electron chi connectivity index (χ2n) is 6.17.